The Labute approximate surface area is 130 Å². The number of nitrogen functional groups attached to an aromatic ring is 1. The van der Waals surface area contributed by atoms with Gasteiger partial charge in [0.25, 0.3) is 0 Å². The average molecular weight is 310 g/mol. The van der Waals surface area contributed by atoms with Crippen LogP contribution in [0.15, 0.2) is 5.38 Å². The summed E-state index contributed by atoms with van der Waals surface area (Å²) >= 11 is 1.38. The standard InChI is InChI=1S/C15H26N4OS/c1-11-5-4-6-15(8-11,19(2)3)10-17-13(20)7-12-9-21-14(16)18-12/h9,11H,4-8,10H2,1-3H3,(H2,16,18)(H,17,20). The molecule has 5 nitrogen and oxygen atoms in total. The number of anilines is 1. The molecule has 2 atom stereocenters. The van der Waals surface area contributed by atoms with Gasteiger partial charge in [0.05, 0.1) is 12.1 Å². The number of carbonyl (C=O) groups is 1. The van der Waals surface area contributed by atoms with Crippen LogP contribution < -0.4 is 11.1 Å². The number of hydrogen-bond acceptors (Lipinski definition) is 5. The zero-order valence-electron chi connectivity index (χ0n) is 13.2. The molecule has 1 heterocycles. The summed E-state index contributed by atoms with van der Waals surface area (Å²) in [4.78, 5) is 18.5. The summed E-state index contributed by atoms with van der Waals surface area (Å²) in [5.74, 6) is 0.746. The molecule has 0 saturated heterocycles. The maximum atomic E-state index is 12.1. The third-order valence-electron chi connectivity index (χ3n) is 4.54. The second-order valence-electron chi connectivity index (χ2n) is 6.45. The van der Waals surface area contributed by atoms with Crippen LogP contribution in [0.1, 0.15) is 38.3 Å². The molecule has 0 spiro atoms. The van der Waals surface area contributed by atoms with Crippen molar-refractivity contribution in [2.24, 2.45) is 5.92 Å². The second kappa shape index (κ2) is 6.75. The van der Waals surface area contributed by atoms with Gasteiger partial charge in [-0.15, -0.1) is 11.3 Å². The summed E-state index contributed by atoms with van der Waals surface area (Å²) < 4.78 is 0. The Morgan fingerprint density at radius 2 is 2.38 bits per heavy atom. The molecule has 2 rings (SSSR count). The van der Waals surface area contributed by atoms with Gasteiger partial charge in [-0.1, -0.05) is 19.8 Å². The van der Waals surface area contributed by atoms with Gasteiger partial charge in [0.15, 0.2) is 5.13 Å². The zero-order valence-corrected chi connectivity index (χ0v) is 14.0. The van der Waals surface area contributed by atoms with Gasteiger partial charge in [0, 0.05) is 17.5 Å². The molecular formula is C15H26N4OS. The maximum absolute atomic E-state index is 12.1. The first-order valence-corrected chi connectivity index (χ1v) is 8.43. The van der Waals surface area contributed by atoms with Gasteiger partial charge in [-0.25, -0.2) is 4.98 Å². The highest BCUT2D eigenvalue weighted by atomic mass is 32.1. The van der Waals surface area contributed by atoms with Gasteiger partial charge in [-0.2, -0.15) is 0 Å². The quantitative estimate of drug-likeness (QED) is 0.871. The number of nitrogens with zero attached hydrogens (tertiary/aromatic N) is 2. The number of carbonyl (C=O) groups excluding carboxylic acids is 1. The molecular weight excluding hydrogens is 284 g/mol. The van der Waals surface area contributed by atoms with Crippen molar-refractivity contribution in [2.75, 3.05) is 26.4 Å². The van der Waals surface area contributed by atoms with Crippen LogP contribution in [0.3, 0.4) is 0 Å². The summed E-state index contributed by atoms with van der Waals surface area (Å²) in [6.07, 6.45) is 5.13. The molecule has 0 radical (unpaired) electrons. The van der Waals surface area contributed by atoms with E-state index in [9.17, 15) is 4.79 Å². The molecule has 1 aliphatic carbocycles. The van der Waals surface area contributed by atoms with E-state index in [4.69, 9.17) is 5.73 Å². The molecule has 0 aliphatic heterocycles. The van der Waals surface area contributed by atoms with Crippen LogP contribution in [-0.2, 0) is 11.2 Å². The smallest absolute Gasteiger partial charge is 0.226 e. The fourth-order valence-corrected chi connectivity index (χ4v) is 3.81. The Morgan fingerprint density at radius 3 is 2.95 bits per heavy atom. The first-order chi connectivity index (χ1) is 9.91. The van der Waals surface area contributed by atoms with E-state index in [2.05, 4.69) is 36.2 Å². The minimum atomic E-state index is 0.0275. The number of nitrogens with two attached hydrogens (primary N) is 1. The van der Waals surface area contributed by atoms with Crippen molar-refractivity contribution in [1.29, 1.82) is 0 Å². The fraction of sp³-hybridized carbons (Fsp3) is 0.733. The number of amides is 1. The molecule has 0 bridgehead atoms. The van der Waals surface area contributed by atoms with Crippen LogP contribution in [0.5, 0.6) is 0 Å². The van der Waals surface area contributed by atoms with Crippen molar-refractivity contribution in [1.82, 2.24) is 15.2 Å². The summed E-state index contributed by atoms with van der Waals surface area (Å²) in [7, 11) is 4.23. The van der Waals surface area contributed by atoms with Crippen molar-refractivity contribution in [3.63, 3.8) is 0 Å². The number of hydrogen-bond donors (Lipinski definition) is 2. The molecule has 1 saturated carbocycles. The molecule has 1 aromatic rings. The van der Waals surface area contributed by atoms with Gasteiger partial charge in [-0.3, -0.25) is 4.79 Å². The van der Waals surface area contributed by atoms with Crippen molar-refractivity contribution < 1.29 is 4.79 Å². The van der Waals surface area contributed by atoms with Gasteiger partial charge >= 0.3 is 0 Å². The normalized spacial score (nSPS) is 26.0. The minimum Gasteiger partial charge on any atom is -0.375 e. The van der Waals surface area contributed by atoms with Crippen molar-refractivity contribution >= 4 is 22.4 Å². The van der Waals surface area contributed by atoms with E-state index < -0.39 is 0 Å². The molecule has 118 valence electrons. The van der Waals surface area contributed by atoms with E-state index in [-0.39, 0.29) is 11.4 Å². The van der Waals surface area contributed by atoms with Crippen LogP contribution in [-0.4, -0.2) is 42.0 Å². The van der Waals surface area contributed by atoms with E-state index >= 15 is 0 Å². The Hall–Kier alpha value is -1.14. The van der Waals surface area contributed by atoms with Crippen LogP contribution in [0, 0.1) is 5.92 Å². The van der Waals surface area contributed by atoms with Crippen LogP contribution in [0.25, 0.3) is 0 Å². The largest absolute Gasteiger partial charge is 0.375 e. The highest BCUT2D eigenvalue weighted by molar-refractivity contribution is 7.13. The summed E-state index contributed by atoms with van der Waals surface area (Å²) in [5.41, 5.74) is 6.44. The molecule has 1 fully saturated rings. The lowest BCUT2D eigenvalue weighted by molar-refractivity contribution is -0.121. The second-order valence-corrected chi connectivity index (χ2v) is 7.34. The SMILES string of the molecule is CC1CCCC(CNC(=O)Cc2csc(N)n2)(N(C)C)C1. The van der Waals surface area contributed by atoms with E-state index in [0.29, 0.717) is 18.1 Å². The molecule has 3 N–H and O–H groups in total. The summed E-state index contributed by atoms with van der Waals surface area (Å²) in [5, 5.41) is 5.46. The van der Waals surface area contributed by atoms with E-state index in [1.807, 2.05) is 5.38 Å². The van der Waals surface area contributed by atoms with Gasteiger partial charge in [-0.05, 0) is 32.9 Å². The topological polar surface area (TPSA) is 71.2 Å². The Morgan fingerprint density at radius 1 is 1.62 bits per heavy atom. The Bertz CT molecular complexity index is 488. The number of rotatable bonds is 5. The predicted molar refractivity (Wildman–Crippen MR) is 87.3 cm³/mol. The lowest BCUT2D eigenvalue weighted by atomic mass is 9.75. The van der Waals surface area contributed by atoms with Crippen molar-refractivity contribution in [2.45, 2.75) is 44.6 Å². The van der Waals surface area contributed by atoms with Gasteiger partial charge in [0.2, 0.25) is 5.91 Å². The lowest BCUT2D eigenvalue weighted by Crippen LogP contribution is -2.55. The van der Waals surface area contributed by atoms with Crippen LogP contribution >= 0.6 is 11.3 Å². The van der Waals surface area contributed by atoms with E-state index in [0.717, 1.165) is 24.5 Å². The van der Waals surface area contributed by atoms with Crippen molar-refractivity contribution in [3.05, 3.63) is 11.1 Å². The molecule has 1 amide bonds. The first kappa shape index (κ1) is 16.2. The lowest BCUT2D eigenvalue weighted by Gasteiger charge is -2.45. The first-order valence-electron chi connectivity index (χ1n) is 7.55. The van der Waals surface area contributed by atoms with Crippen LogP contribution in [0.4, 0.5) is 5.13 Å². The molecule has 6 heteroatoms. The highest BCUT2D eigenvalue weighted by Gasteiger charge is 2.37. The monoisotopic (exact) mass is 310 g/mol. The molecule has 21 heavy (non-hydrogen) atoms. The summed E-state index contributed by atoms with van der Waals surface area (Å²) in [6.45, 7) is 3.01. The van der Waals surface area contributed by atoms with Crippen LogP contribution in [0.2, 0.25) is 0 Å². The van der Waals surface area contributed by atoms with Crippen molar-refractivity contribution in [3.8, 4) is 0 Å². The molecule has 2 unspecified atom stereocenters. The number of aromatic nitrogens is 1. The highest BCUT2D eigenvalue weighted by Crippen LogP contribution is 2.35. The number of likely N-dealkylation sites (N-methyl/N-ethyl adjacent to an activating group) is 1. The molecule has 1 aromatic heterocycles. The maximum Gasteiger partial charge on any atom is 0.226 e. The average Bonchev–Trinajstić information content (AvgIpc) is 2.81. The molecule has 1 aliphatic rings. The summed E-state index contributed by atoms with van der Waals surface area (Å²) in [6, 6.07) is 0. The van der Waals surface area contributed by atoms with E-state index in [1.165, 1.54) is 24.2 Å². The van der Waals surface area contributed by atoms with Gasteiger partial charge < -0.3 is 16.0 Å². The fourth-order valence-electron chi connectivity index (χ4n) is 3.25. The van der Waals surface area contributed by atoms with E-state index in [1.54, 1.807) is 0 Å². The predicted octanol–water partition coefficient (Wildman–Crippen LogP) is 1.89. The Balaban J connectivity index is 1.91. The number of thiazole rings is 1. The minimum absolute atomic E-state index is 0.0275. The third kappa shape index (κ3) is 4.17. The number of nitrogens with one attached hydrogen (secondary N) is 1. The third-order valence-corrected chi connectivity index (χ3v) is 5.26. The molecule has 0 aromatic carbocycles. The zero-order chi connectivity index (χ0) is 15.5. The van der Waals surface area contributed by atoms with Gasteiger partial charge in [0.1, 0.15) is 0 Å². The Kier molecular flexibility index (Phi) is 5.22.